The minimum atomic E-state index is -0.197. The lowest BCUT2D eigenvalue weighted by atomic mass is 10.2. The second-order valence-electron chi connectivity index (χ2n) is 5.98. The summed E-state index contributed by atoms with van der Waals surface area (Å²) in [5, 5.41) is 7.15. The lowest BCUT2D eigenvalue weighted by molar-refractivity contribution is 0.207. The van der Waals surface area contributed by atoms with Crippen molar-refractivity contribution in [2.75, 3.05) is 25.5 Å². The molecule has 2 amide bonds. The van der Waals surface area contributed by atoms with Crippen molar-refractivity contribution >= 4 is 11.7 Å². The first kappa shape index (κ1) is 17.5. The summed E-state index contributed by atoms with van der Waals surface area (Å²) in [6, 6.07) is 17.0. The molecule has 6 nitrogen and oxygen atoms in total. The molecule has 0 aliphatic heterocycles. The summed E-state index contributed by atoms with van der Waals surface area (Å²) in [7, 11) is 1.74. The average Bonchev–Trinajstić information content (AvgIpc) is 3.18. The van der Waals surface area contributed by atoms with Gasteiger partial charge in [0.15, 0.2) is 0 Å². The molecule has 0 radical (unpaired) electrons. The molecule has 3 rings (SSSR count). The number of carbonyl (C=O) groups is 1. The van der Waals surface area contributed by atoms with Gasteiger partial charge >= 0.3 is 6.03 Å². The van der Waals surface area contributed by atoms with Gasteiger partial charge in [0.05, 0.1) is 17.9 Å². The molecule has 0 bridgehead atoms. The molecule has 1 N–H and O–H groups in total. The fourth-order valence-electron chi connectivity index (χ4n) is 2.44. The molecule has 2 aromatic carbocycles. The van der Waals surface area contributed by atoms with Gasteiger partial charge in [0.2, 0.25) is 0 Å². The zero-order chi connectivity index (χ0) is 18.4. The van der Waals surface area contributed by atoms with Crippen LogP contribution in [-0.2, 0) is 0 Å². The number of carbonyl (C=O) groups excluding carboxylic acids is 1. The second-order valence-corrected chi connectivity index (χ2v) is 5.98. The summed E-state index contributed by atoms with van der Waals surface area (Å²) in [4.78, 5) is 14.0. The summed E-state index contributed by atoms with van der Waals surface area (Å²) in [5.41, 5.74) is 2.70. The number of ether oxygens (including phenoxy) is 1. The van der Waals surface area contributed by atoms with Crippen LogP contribution in [-0.4, -0.2) is 40.9 Å². The predicted molar refractivity (Wildman–Crippen MR) is 102 cm³/mol. The van der Waals surface area contributed by atoms with Crippen LogP contribution in [0.4, 0.5) is 10.5 Å². The minimum Gasteiger partial charge on any atom is -0.492 e. The molecule has 0 saturated carbocycles. The summed E-state index contributed by atoms with van der Waals surface area (Å²) < 4.78 is 7.40. The Labute approximate surface area is 153 Å². The van der Waals surface area contributed by atoms with Gasteiger partial charge in [0.25, 0.3) is 0 Å². The van der Waals surface area contributed by atoms with Crippen molar-refractivity contribution in [1.82, 2.24) is 14.7 Å². The highest BCUT2D eigenvalue weighted by molar-refractivity contribution is 5.91. The van der Waals surface area contributed by atoms with Crippen molar-refractivity contribution in [3.05, 3.63) is 72.6 Å². The number of urea groups is 1. The van der Waals surface area contributed by atoms with Crippen LogP contribution < -0.4 is 10.1 Å². The Balaban J connectivity index is 1.55. The molecule has 0 unspecified atom stereocenters. The standard InChI is InChI=1S/C20H22N4O2/c1-16-8-10-17(11-9-16)26-15-14-23(2)20(25)22-18-6-3-4-7-19(18)24-13-5-12-21-24/h3-13H,14-15H2,1-2H3,(H,22,25). The predicted octanol–water partition coefficient (Wildman–Crippen LogP) is 3.72. The fraction of sp³-hybridized carbons (Fsp3) is 0.200. The maximum absolute atomic E-state index is 12.5. The topological polar surface area (TPSA) is 59.4 Å². The van der Waals surface area contributed by atoms with Gasteiger partial charge in [-0.25, -0.2) is 9.48 Å². The molecular weight excluding hydrogens is 328 g/mol. The van der Waals surface area contributed by atoms with Gasteiger partial charge in [-0.3, -0.25) is 0 Å². The molecule has 0 atom stereocenters. The van der Waals surface area contributed by atoms with Gasteiger partial charge in [0.1, 0.15) is 12.4 Å². The number of benzene rings is 2. The number of anilines is 1. The van der Waals surface area contributed by atoms with Gasteiger partial charge in [-0.05, 0) is 37.3 Å². The SMILES string of the molecule is Cc1ccc(OCCN(C)C(=O)Nc2ccccc2-n2cccn2)cc1. The van der Waals surface area contributed by atoms with Crippen molar-refractivity contribution in [1.29, 1.82) is 0 Å². The van der Waals surface area contributed by atoms with Crippen LogP contribution in [0, 0.1) is 6.92 Å². The molecule has 0 saturated heterocycles. The van der Waals surface area contributed by atoms with Gasteiger partial charge in [0, 0.05) is 19.4 Å². The third-order valence-electron chi connectivity index (χ3n) is 3.96. The van der Waals surface area contributed by atoms with Crippen LogP contribution in [0.1, 0.15) is 5.56 Å². The Morgan fingerprint density at radius 3 is 2.65 bits per heavy atom. The lowest BCUT2D eigenvalue weighted by Gasteiger charge is -2.19. The molecule has 1 heterocycles. The number of nitrogens with zero attached hydrogens (tertiary/aromatic N) is 3. The minimum absolute atomic E-state index is 0.197. The van der Waals surface area contributed by atoms with Crippen molar-refractivity contribution in [2.24, 2.45) is 0 Å². The zero-order valence-electron chi connectivity index (χ0n) is 14.9. The van der Waals surface area contributed by atoms with E-state index in [1.165, 1.54) is 5.56 Å². The van der Waals surface area contributed by atoms with E-state index in [4.69, 9.17) is 4.74 Å². The number of nitrogens with one attached hydrogen (secondary N) is 1. The van der Waals surface area contributed by atoms with E-state index in [-0.39, 0.29) is 6.03 Å². The first-order valence-electron chi connectivity index (χ1n) is 8.44. The summed E-state index contributed by atoms with van der Waals surface area (Å²) in [6.07, 6.45) is 3.54. The van der Waals surface area contributed by atoms with Gasteiger partial charge < -0.3 is 15.0 Å². The number of aryl methyl sites for hydroxylation is 1. The highest BCUT2D eigenvalue weighted by Crippen LogP contribution is 2.19. The summed E-state index contributed by atoms with van der Waals surface area (Å²) in [5.74, 6) is 0.799. The van der Waals surface area contributed by atoms with Crippen LogP contribution in [0.3, 0.4) is 0 Å². The van der Waals surface area contributed by atoms with Crippen molar-refractivity contribution in [2.45, 2.75) is 6.92 Å². The molecule has 0 aliphatic rings. The van der Waals surface area contributed by atoms with E-state index in [2.05, 4.69) is 10.4 Å². The molecule has 0 spiro atoms. The maximum Gasteiger partial charge on any atom is 0.321 e. The molecule has 1 aromatic heterocycles. The second kappa shape index (κ2) is 8.20. The lowest BCUT2D eigenvalue weighted by Crippen LogP contribution is -2.34. The smallest absolute Gasteiger partial charge is 0.321 e. The Morgan fingerprint density at radius 2 is 1.92 bits per heavy atom. The number of aromatic nitrogens is 2. The molecule has 134 valence electrons. The normalized spacial score (nSPS) is 10.4. The van der Waals surface area contributed by atoms with E-state index in [0.717, 1.165) is 11.4 Å². The Bertz CT molecular complexity index is 845. The number of amides is 2. The third kappa shape index (κ3) is 4.42. The Hall–Kier alpha value is -3.28. The first-order valence-corrected chi connectivity index (χ1v) is 8.44. The molecule has 6 heteroatoms. The number of para-hydroxylation sites is 2. The first-order chi connectivity index (χ1) is 12.6. The van der Waals surface area contributed by atoms with E-state index < -0.39 is 0 Å². The van der Waals surface area contributed by atoms with Crippen LogP contribution in [0.25, 0.3) is 5.69 Å². The number of hydrogen-bond acceptors (Lipinski definition) is 3. The Morgan fingerprint density at radius 1 is 1.15 bits per heavy atom. The molecule has 26 heavy (non-hydrogen) atoms. The van der Waals surface area contributed by atoms with E-state index >= 15 is 0 Å². The highest BCUT2D eigenvalue weighted by Gasteiger charge is 2.12. The largest absolute Gasteiger partial charge is 0.492 e. The van der Waals surface area contributed by atoms with Gasteiger partial charge in [-0.15, -0.1) is 0 Å². The van der Waals surface area contributed by atoms with Gasteiger partial charge in [-0.1, -0.05) is 29.8 Å². The molecule has 0 fully saturated rings. The molecule has 0 aliphatic carbocycles. The molecular formula is C20H22N4O2. The van der Waals surface area contributed by atoms with Crippen LogP contribution in [0.5, 0.6) is 5.75 Å². The number of hydrogen-bond donors (Lipinski definition) is 1. The van der Waals surface area contributed by atoms with E-state index in [1.54, 1.807) is 22.8 Å². The van der Waals surface area contributed by atoms with Crippen molar-refractivity contribution in [3.63, 3.8) is 0 Å². The third-order valence-corrected chi connectivity index (χ3v) is 3.96. The van der Waals surface area contributed by atoms with Crippen LogP contribution in [0.2, 0.25) is 0 Å². The van der Waals surface area contributed by atoms with Crippen LogP contribution in [0.15, 0.2) is 67.0 Å². The monoisotopic (exact) mass is 350 g/mol. The summed E-state index contributed by atoms with van der Waals surface area (Å²) >= 11 is 0. The zero-order valence-corrected chi connectivity index (χ0v) is 14.9. The van der Waals surface area contributed by atoms with E-state index in [9.17, 15) is 4.79 Å². The summed E-state index contributed by atoms with van der Waals surface area (Å²) in [6.45, 7) is 2.93. The van der Waals surface area contributed by atoms with Gasteiger partial charge in [-0.2, -0.15) is 5.10 Å². The van der Waals surface area contributed by atoms with Crippen LogP contribution >= 0.6 is 0 Å². The number of rotatable bonds is 6. The molecule has 3 aromatic rings. The quantitative estimate of drug-likeness (QED) is 0.737. The maximum atomic E-state index is 12.5. The van der Waals surface area contributed by atoms with E-state index in [0.29, 0.717) is 18.8 Å². The number of likely N-dealkylation sites (N-methyl/N-ethyl adjacent to an activating group) is 1. The van der Waals surface area contributed by atoms with Crippen molar-refractivity contribution in [3.8, 4) is 11.4 Å². The Kier molecular flexibility index (Phi) is 5.53. The van der Waals surface area contributed by atoms with E-state index in [1.807, 2.05) is 67.7 Å². The highest BCUT2D eigenvalue weighted by atomic mass is 16.5. The fourth-order valence-corrected chi connectivity index (χ4v) is 2.44. The van der Waals surface area contributed by atoms with Crippen molar-refractivity contribution < 1.29 is 9.53 Å². The average molecular weight is 350 g/mol.